The molecule has 9 nitrogen and oxygen atoms in total. The van der Waals surface area contributed by atoms with Crippen LogP contribution in [0, 0.1) is 10.2 Å². The van der Waals surface area contributed by atoms with E-state index >= 15 is 0 Å². The Balaban J connectivity index is -0.0000000187. The van der Waals surface area contributed by atoms with Crippen molar-refractivity contribution in [3.8, 4) is 4.98 Å². The molecule has 0 spiro atoms. The van der Waals surface area contributed by atoms with Crippen LogP contribution < -0.4 is 16.2 Å². The van der Waals surface area contributed by atoms with Crippen molar-refractivity contribution in [2.45, 2.75) is 309 Å². The van der Waals surface area contributed by atoms with Crippen molar-refractivity contribution in [3.63, 3.8) is 0 Å². The number of hydrogen-bond acceptors (Lipinski definition) is 8. The van der Waals surface area contributed by atoms with Gasteiger partial charge in [-0.2, -0.15) is 14.0 Å². The van der Waals surface area contributed by atoms with Gasteiger partial charge in [0.25, 0.3) is 17.9 Å². The Kier molecular flexibility index (Phi) is 176. The minimum Gasteiger partial charge on any atom is -0.453 e. The van der Waals surface area contributed by atoms with Crippen molar-refractivity contribution in [1.82, 2.24) is 4.72 Å². The van der Waals surface area contributed by atoms with Crippen molar-refractivity contribution in [1.29, 1.82) is 5.26 Å². The van der Waals surface area contributed by atoms with Crippen LogP contribution in [0.25, 0.3) is 0 Å². The number of alkyl halides is 9. The summed E-state index contributed by atoms with van der Waals surface area (Å²) in [5.41, 5.74) is -0.378. The van der Waals surface area contributed by atoms with Gasteiger partial charge in [-0.3, -0.25) is 0 Å². The SMILES string of the molecule is C.C.C.C.C.C.C.CBr.CBr.CBr.CC.CC.CC.CC.CC.CC.CC.CC(C)(C)S(=O)NC(C)(C)C(F)(F)C(C)(C)O.CC(C)(N)C(F)(F)C(C)(C)O.CC1(C)N=C(N)OC(C)(C)C1(F)F.N#CBr.[V].[V].[W].[W]. The topological polar surface area (TPSA) is 167 Å². The Morgan fingerprint density at radius 3 is 0.893 bits per heavy atom. The van der Waals surface area contributed by atoms with E-state index in [1.54, 1.807) is 25.7 Å². The molecule has 7 N–H and O–H groups in total. The van der Waals surface area contributed by atoms with Gasteiger partial charge in [-0.25, -0.2) is 31.5 Å². The number of ether oxygens (including phenoxy) is 1. The average molecular weight is 1810 g/mol. The monoisotopic (exact) mass is 1810 g/mol. The van der Waals surface area contributed by atoms with Gasteiger partial charge < -0.3 is 26.4 Å². The Labute approximate surface area is 557 Å². The second-order valence-corrected chi connectivity index (χ2v) is 16.7. The molecule has 0 amide bonds. The summed E-state index contributed by atoms with van der Waals surface area (Å²) in [6.07, 6.45) is 0. The van der Waals surface area contributed by atoms with Gasteiger partial charge in [0.1, 0.15) is 21.7 Å². The van der Waals surface area contributed by atoms with Crippen molar-refractivity contribution >= 4 is 80.7 Å². The second-order valence-electron chi connectivity index (χ2n) is 14.4. The second kappa shape index (κ2) is 83.3. The molecule has 24 heteroatoms. The predicted octanol–water partition coefficient (Wildman–Crippen LogP) is 20.4. The fourth-order valence-corrected chi connectivity index (χ4v) is 4.33. The first kappa shape index (κ1) is 159. The number of aliphatic imine (C=N–C) groups is 1. The Bertz CT molecular complexity index is 1080. The molecule has 1 heterocycles. The molecule has 0 aromatic carbocycles. The van der Waals surface area contributed by atoms with E-state index in [9.17, 15) is 35.7 Å². The van der Waals surface area contributed by atoms with E-state index in [0.717, 1.165) is 27.7 Å². The molecule has 0 saturated heterocycles. The van der Waals surface area contributed by atoms with E-state index in [2.05, 4.69) is 73.4 Å². The van der Waals surface area contributed by atoms with E-state index in [0.29, 0.717) is 0 Å². The number of halogens is 10. The number of amidine groups is 1. The van der Waals surface area contributed by atoms with Crippen LogP contribution in [0.4, 0.5) is 26.3 Å². The third kappa shape index (κ3) is 71.0. The fourth-order valence-electron chi connectivity index (χ4n) is 3.43. The van der Waals surface area contributed by atoms with Gasteiger partial charge >= 0.3 is 5.92 Å². The molecule has 1 rings (SSSR count). The number of nitrogens with one attached hydrogen (secondary N) is 1. The summed E-state index contributed by atoms with van der Waals surface area (Å²) in [6, 6.07) is -0.180. The third-order valence-electron chi connectivity index (χ3n) is 6.31. The van der Waals surface area contributed by atoms with Crippen LogP contribution in [0.5, 0.6) is 0 Å². The number of hydrogen-bond donors (Lipinski definition) is 5. The van der Waals surface area contributed by atoms with Crippen LogP contribution in [-0.2, 0) is 95.0 Å². The summed E-state index contributed by atoms with van der Waals surface area (Å²) >= 11 is 11.3. The van der Waals surface area contributed by atoms with Gasteiger partial charge in [0, 0.05) is 95.2 Å². The van der Waals surface area contributed by atoms with E-state index < -0.39 is 66.9 Å². The Morgan fingerprint density at radius 1 is 0.587 bits per heavy atom. The molecule has 2 radical (unpaired) electrons. The van der Waals surface area contributed by atoms with Crippen molar-refractivity contribution in [2.24, 2.45) is 16.5 Å². The number of rotatable bonds is 6. The number of nitriles is 1. The van der Waals surface area contributed by atoms with Crippen molar-refractivity contribution < 1.29 is 125 Å². The molecule has 0 aromatic heterocycles. The van der Waals surface area contributed by atoms with Gasteiger partial charge in [0.15, 0.2) is 5.60 Å². The van der Waals surface area contributed by atoms with Crippen LogP contribution in [0.15, 0.2) is 4.99 Å². The van der Waals surface area contributed by atoms with E-state index in [1.165, 1.54) is 55.4 Å². The van der Waals surface area contributed by atoms with Crippen molar-refractivity contribution in [3.05, 3.63) is 0 Å². The summed E-state index contributed by atoms with van der Waals surface area (Å²) in [5, 5.41) is 25.8. The molecule has 0 fully saturated rings. The van der Waals surface area contributed by atoms with Gasteiger partial charge in [0.05, 0.1) is 26.8 Å². The molecule has 482 valence electrons. The molecule has 0 aromatic rings. The molecule has 75 heavy (non-hydrogen) atoms. The molecule has 1 atom stereocenters. The maximum Gasteiger partial charge on any atom is 0.310 e. The first-order valence-electron chi connectivity index (χ1n) is 21.4. The maximum absolute atomic E-state index is 14.0. The number of aliphatic hydroxyl groups is 2. The summed E-state index contributed by atoms with van der Waals surface area (Å²) in [4.78, 5) is 5.15. The zero-order valence-corrected chi connectivity index (χ0v) is 64.0. The van der Waals surface area contributed by atoms with Crippen LogP contribution in [-0.4, -0.2) is 93.9 Å². The van der Waals surface area contributed by atoms with E-state index in [-0.39, 0.29) is 137 Å². The fraction of sp³-hybridized carbons (Fsp3) is 0.961. The van der Waals surface area contributed by atoms with Gasteiger partial charge in [-0.05, 0) is 121 Å². The van der Waals surface area contributed by atoms with E-state index in [4.69, 9.17) is 26.6 Å². The predicted molar refractivity (Wildman–Crippen MR) is 337 cm³/mol. The zero-order valence-electron chi connectivity index (χ0n) is 48.2. The van der Waals surface area contributed by atoms with E-state index in [1.807, 2.05) is 114 Å². The summed E-state index contributed by atoms with van der Waals surface area (Å²) in [6.45, 7) is 47.3. The third-order valence-corrected chi connectivity index (χ3v) is 8.12. The minimum atomic E-state index is -3.42. The molecule has 0 aliphatic carbocycles. The first-order valence-corrected chi connectivity index (χ1v) is 28.1. The molecule has 0 saturated carbocycles. The molecule has 1 aliphatic rings. The summed E-state index contributed by atoms with van der Waals surface area (Å²) in [7, 11) is -1.63. The number of nitrogens with zero attached hydrogens (tertiary/aromatic N) is 2. The Hall–Kier alpha value is 2.80. The smallest absolute Gasteiger partial charge is 0.310 e. The minimum absolute atomic E-state index is 0. The zero-order chi connectivity index (χ0) is 57.0. The van der Waals surface area contributed by atoms with Crippen LogP contribution in [0.3, 0.4) is 0 Å². The molecule has 1 unspecified atom stereocenters. The maximum atomic E-state index is 14.0. The summed E-state index contributed by atoms with van der Waals surface area (Å²) < 4.78 is 99.8. The molecular formula is C51H131Br4F6N5O4SV2W2. The quantitative estimate of drug-likeness (QED) is 0.130. The first-order chi connectivity index (χ1) is 28.6. The van der Waals surface area contributed by atoms with Crippen LogP contribution in [0.2, 0.25) is 0 Å². The van der Waals surface area contributed by atoms with Crippen LogP contribution in [0.1, 0.15) is 253 Å². The standard InChI is InChI=1S/C11H23F2NO2S.C8H14F2N2O.C7H15F2NO.7C2H6.CBrN.3CH3Br.7CH4.2V.2W/c1-8(2,3)17(16)14-9(4,5)11(12,13)10(6,7)15;1-6(2)8(9,10)7(3,4)13-5(11)12-6;1-5(2,10)7(8,9)6(3,4)11;7*1-2;2-1-3;3*1-2;;;;;;;;;;;/h14-15H,1-7H3;1-4H3,(H2,11,12);11H,10H2,1-4H3;7*1-2H3;;3*1H3;7*1H4;;;;. The normalized spacial score (nSPS) is 12.0. The number of nitrogens with two attached hydrogens (primary N) is 2. The average Bonchev–Trinajstić information content (AvgIpc) is 3.20. The molecular weight excluding hydrogens is 1680 g/mol. The van der Waals surface area contributed by atoms with Crippen LogP contribution >= 0.6 is 63.7 Å². The van der Waals surface area contributed by atoms with Crippen molar-refractivity contribution in [2.75, 3.05) is 17.5 Å². The largest absolute Gasteiger partial charge is 0.453 e. The molecule has 1 aliphatic heterocycles. The van der Waals surface area contributed by atoms with Gasteiger partial charge in [-0.15, -0.1) is 0 Å². The summed E-state index contributed by atoms with van der Waals surface area (Å²) in [5.74, 6) is -4.31. The van der Waals surface area contributed by atoms with Gasteiger partial charge in [-0.1, -0.05) is 197 Å². The molecule has 0 bridgehead atoms. The Morgan fingerprint density at radius 2 is 0.773 bits per heavy atom. The van der Waals surface area contributed by atoms with Gasteiger partial charge in [0.2, 0.25) is 0 Å².